The number of phenols is 3. The van der Waals surface area contributed by atoms with Gasteiger partial charge in [-0.25, -0.2) is 59.0 Å². The quantitative estimate of drug-likeness (QED) is 0.0650. The van der Waals surface area contributed by atoms with Crippen LogP contribution < -0.4 is 31.4 Å². The van der Waals surface area contributed by atoms with Crippen LogP contribution >= 0.6 is 0 Å². The summed E-state index contributed by atoms with van der Waals surface area (Å²) in [4.78, 5) is 75.4. The Labute approximate surface area is 589 Å². The molecule has 45 heteroatoms. The normalized spacial score (nSPS) is 26.9. The number of anilines is 3. The van der Waals surface area contributed by atoms with E-state index in [0.29, 0.717) is 11.1 Å². The first-order valence-electron chi connectivity index (χ1n) is 30.9. The first-order chi connectivity index (χ1) is 50.0. The molecule has 3 aromatic carbocycles. The third-order valence-corrected chi connectivity index (χ3v) is 19.6. The minimum Gasteiger partial charge on any atom is -0.507 e. The number of ether oxygens (including phenoxy) is 3. The molecule has 3 amide bonds. The molecule has 42 nitrogen and oxygen atoms in total. The minimum absolute atomic E-state index is 0.0390. The second-order valence-corrected chi connectivity index (χ2v) is 27.6. The molecule has 9 aromatic rings. The van der Waals surface area contributed by atoms with E-state index in [1.807, 2.05) is 0 Å². The number of benzene rings is 3. The molecule has 0 spiro atoms. The monoisotopic (exact) mass is 1510 g/mol. The number of aliphatic hydroxyl groups is 6. The van der Waals surface area contributed by atoms with Crippen molar-refractivity contribution in [1.82, 2.24) is 72.7 Å². The number of aromatic nitrogens is 12. The molecule has 12 heterocycles. The van der Waals surface area contributed by atoms with Crippen molar-refractivity contribution in [2.75, 3.05) is 37.0 Å². The number of carbonyl (C=O) groups is 3. The standard InChI is InChI=1S/2C20H20N6O8S.C20H18N6O8S/c3*21-17-14-18(23-8-22-17)26-12(24-14)6-2-4-9-3-1-5-10(27)13(9)19(30)25-35(31,32)33-7-11-15(28)16(29)20(26)34-11/h2*1-3,5-6,8,11,15-16,20,27-29H,4,7H2,(H,25,30)(H2,21,22,23);1,3,5,8,11,15-16,20,27-29H,4,7H2,(H,25,30)(H2,21,22,23)/b6-2+;6-2-;/t3*11-,15-,16-,20-/m111/s1. The van der Waals surface area contributed by atoms with Crippen molar-refractivity contribution in [2.45, 2.75) is 92.9 Å². The van der Waals surface area contributed by atoms with Gasteiger partial charge in [0.05, 0.1) is 36.5 Å². The number of hydrogen-bond donors (Lipinski definition) is 15. The van der Waals surface area contributed by atoms with Crippen LogP contribution in [0.2, 0.25) is 0 Å². The van der Waals surface area contributed by atoms with Gasteiger partial charge < -0.3 is 77.4 Å². The lowest BCUT2D eigenvalue weighted by molar-refractivity contribution is -0.0472. The fourth-order valence-corrected chi connectivity index (χ4v) is 14.1. The van der Waals surface area contributed by atoms with E-state index < -0.39 is 159 Å². The summed E-state index contributed by atoms with van der Waals surface area (Å²) in [6.07, 6.45) is -6.87. The number of nitrogens with zero attached hydrogens (tertiary/aromatic N) is 12. The predicted molar refractivity (Wildman–Crippen MR) is 354 cm³/mol. The van der Waals surface area contributed by atoms with Gasteiger partial charge in [0, 0.05) is 6.42 Å². The Hall–Kier alpha value is -11.1. The second kappa shape index (κ2) is 28.5. The molecule has 3 fully saturated rings. The van der Waals surface area contributed by atoms with Crippen molar-refractivity contribution >= 4 is 112 Å². The van der Waals surface area contributed by atoms with Gasteiger partial charge >= 0.3 is 30.9 Å². The van der Waals surface area contributed by atoms with E-state index in [-0.39, 0.29) is 110 Å². The average molecular weight is 1510 g/mol. The molecule has 6 aliphatic rings. The first-order valence-corrected chi connectivity index (χ1v) is 35.1. The van der Waals surface area contributed by atoms with Crippen LogP contribution in [0.4, 0.5) is 17.5 Å². The fourth-order valence-electron chi connectivity index (χ4n) is 12.0. The Kier molecular flexibility index (Phi) is 19.6. The second-order valence-electron chi connectivity index (χ2n) is 23.6. The molecule has 0 aliphatic carbocycles. The highest BCUT2D eigenvalue weighted by Crippen LogP contribution is 2.39. The molecule has 3 saturated heterocycles. The van der Waals surface area contributed by atoms with Crippen LogP contribution in [0.15, 0.2) is 85.7 Å². The maximum absolute atomic E-state index is 12.7. The van der Waals surface area contributed by atoms with Gasteiger partial charge in [0.25, 0.3) is 17.7 Å². The van der Waals surface area contributed by atoms with Gasteiger partial charge in [0.15, 0.2) is 75.5 Å². The highest BCUT2D eigenvalue weighted by Gasteiger charge is 2.49. The van der Waals surface area contributed by atoms with Crippen LogP contribution in [-0.2, 0) is 76.9 Å². The molecule has 12 atom stereocenters. The Bertz CT molecular complexity index is 5260. The summed E-state index contributed by atoms with van der Waals surface area (Å²) >= 11 is 0. The Morgan fingerprint density at radius 2 is 0.781 bits per heavy atom. The number of aliphatic hydroxyl groups excluding tert-OH is 6. The van der Waals surface area contributed by atoms with Gasteiger partial charge in [0.2, 0.25) is 0 Å². The smallest absolute Gasteiger partial charge is 0.362 e. The molecular weight excluding hydrogens is 1450 g/mol. The van der Waals surface area contributed by atoms with E-state index in [0.717, 1.165) is 0 Å². The molecule has 0 unspecified atom stereocenters. The molecule has 6 bridgehead atoms. The highest BCUT2D eigenvalue weighted by atomic mass is 32.2. The number of nitrogens with one attached hydrogen (secondary N) is 3. The van der Waals surface area contributed by atoms with Crippen LogP contribution in [0.3, 0.4) is 0 Å². The van der Waals surface area contributed by atoms with Crippen LogP contribution in [0.1, 0.15) is 83.9 Å². The number of aromatic hydroxyl groups is 3. The van der Waals surface area contributed by atoms with Gasteiger partial charge in [-0.15, -0.1) is 0 Å². The van der Waals surface area contributed by atoms with Crippen molar-refractivity contribution in [3.8, 4) is 29.1 Å². The van der Waals surface area contributed by atoms with E-state index in [4.69, 9.17) is 44.0 Å². The Morgan fingerprint density at radius 3 is 1.16 bits per heavy atom. The SMILES string of the molecule is Nc1ncnc2c1nc1n2[C@@H]2O[C@H](COS(=O)(=O)NC(=O)c3c(O)cccc3C/C=C/1)[C@@H](O)[C@H]2O.Nc1ncnc2c1nc1n2[C@@H]2O[C@H](COS(=O)(=O)NC(=O)c3c(O)cccc3C/C=C\1)[C@@H](O)[C@H]2O.Nc1ncnc2c1nc1n2[C@@H]2O[C@H](COS(=O)(=O)NC(=O)c3c(O)cccc3CC#C1)[C@@H](O)[C@H]2O. The molecule has 0 radical (unpaired) electrons. The zero-order chi connectivity index (χ0) is 74.7. The van der Waals surface area contributed by atoms with Crippen molar-refractivity contribution in [3.63, 3.8) is 0 Å². The number of phenolic OH excluding ortho intramolecular Hbond substituents is 3. The Morgan fingerprint density at radius 1 is 0.448 bits per heavy atom. The van der Waals surface area contributed by atoms with Gasteiger partial charge in [-0.1, -0.05) is 54.5 Å². The zero-order valence-electron chi connectivity index (χ0n) is 53.4. The molecule has 6 aromatic heterocycles. The lowest BCUT2D eigenvalue weighted by Crippen LogP contribution is -2.38. The number of hydrogen-bond acceptors (Lipinski definition) is 36. The van der Waals surface area contributed by atoms with Crippen molar-refractivity contribution in [1.29, 1.82) is 0 Å². The Balaban J connectivity index is 0.000000140. The predicted octanol–water partition coefficient (Wildman–Crippen LogP) is -3.68. The number of allylic oxidation sites excluding steroid dienone is 2. The third-order valence-electron chi connectivity index (χ3n) is 16.9. The highest BCUT2D eigenvalue weighted by molar-refractivity contribution is 7.85. The summed E-state index contributed by atoms with van der Waals surface area (Å²) in [6.45, 7) is -2.18. The van der Waals surface area contributed by atoms with Crippen molar-refractivity contribution in [3.05, 3.63) is 137 Å². The van der Waals surface area contributed by atoms with Crippen LogP contribution in [-0.4, -0.2) is 222 Å². The molecule has 6 aliphatic heterocycles. The first kappa shape index (κ1) is 72.3. The van der Waals surface area contributed by atoms with Crippen molar-refractivity contribution in [2.24, 2.45) is 0 Å². The maximum Gasteiger partial charge on any atom is 0.362 e. The van der Waals surface area contributed by atoms with Gasteiger partial charge in [-0.3, -0.25) is 40.6 Å². The number of carbonyl (C=O) groups excluding carboxylic acids is 3. The molecule has 550 valence electrons. The largest absolute Gasteiger partial charge is 0.507 e. The maximum atomic E-state index is 12.7. The van der Waals surface area contributed by atoms with E-state index >= 15 is 0 Å². The van der Waals surface area contributed by atoms with E-state index in [1.165, 1.54) is 75.1 Å². The number of rotatable bonds is 0. The zero-order valence-corrected chi connectivity index (χ0v) is 55.8. The third kappa shape index (κ3) is 14.3. The number of fused-ring (bicyclic) bond motifs is 21. The topological polar surface area (TPSA) is 636 Å². The molecule has 15 rings (SSSR count). The lowest BCUT2D eigenvalue weighted by Gasteiger charge is -2.18. The summed E-state index contributed by atoms with van der Waals surface area (Å²) < 4.78 is 115. The number of nitrogen functional groups attached to an aromatic ring is 3. The van der Waals surface area contributed by atoms with Crippen LogP contribution in [0, 0.1) is 11.8 Å². The summed E-state index contributed by atoms with van der Waals surface area (Å²) in [5.41, 5.74) is 19.0. The number of nitrogens with two attached hydrogens (primary N) is 3. The average Bonchev–Trinajstić information content (AvgIpc) is 1.62. The summed E-state index contributed by atoms with van der Waals surface area (Å²) in [6, 6.07) is 12.8. The summed E-state index contributed by atoms with van der Waals surface area (Å²) in [5, 5.41) is 94.2. The summed E-state index contributed by atoms with van der Waals surface area (Å²) in [7, 11) is -14.0. The van der Waals surface area contributed by atoms with E-state index in [2.05, 4.69) is 56.7 Å². The molecule has 18 N–H and O–H groups in total. The van der Waals surface area contributed by atoms with E-state index in [1.54, 1.807) is 50.6 Å². The number of amides is 3. The van der Waals surface area contributed by atoms with Gasteiger partial charge in [-0.2, -0.15) is 25.3 Å². The fraction of sp³-hybridized carbons (Fsp3) is 0.300. The lowest BCUT2D eigenvalue weighted by atomic mass is 10.0. The molecule has 105 heavy (non-hydrogen) atoms. The van der Waals surface area contributed by atoms with Crippen LogP contribution in [0.25, 0.3) is 45.6 Å². The molecular formula is C60H58N18O24S3. The van der Waals surface area contributed by atoms with Crippen LogP contribution in [0.5, 0.6) is 17.2 Å². The minimum atomic E-state index is -4.68. The van der Waals surface area contributed by atoms with Crippen molar-refractivity contribution < 1.29 is 112 Å². The van der Waals surface area contributed by atoms with Gasteiger partial charge in [0.1, 0.15) is 103 Å². The van der Waals surface area contributed by atoms with E-state index in [9.17, 15) is 85.6 Å². The van der Waals surface area contributed by atoms with Gasteiger partial charge in [-0.05, 0) is 65.8 Å². The summed E-state index contributed by atoms with van der Waals surface area (Å²) in [5.74, 6) is 1.64. The number of imidazole rings is 3. The molecule has 0 saturated carbocycles.